The fraction of sp³-hybridized carbons (Fsp3) is 0.560. The van der Waals surface area contributed by atoms with Crippen LogP contribution in [-0.4, -0.2) is 62.7 Å². The minimum absolute atomic E-state index is 0.133. The summed E-state index contributed by atoms with van der Waals surface area (Å²) in [5, 5.41) is 5.47. The van der Waals surface area contributed by atoms with Gasteiger partial charge in [0.05, 0.1) is 22.8 Å². The van der Waals surface area contributed by atoms with Gasteiger partial charge >= 0.3 is 0 Å². The van der Waals surface area contributed by atoms with E-state index >= 15 is 0 Å². The molecular weight excluding hydrogens is 418 g/mol. The highest BCUT2D eigenvalue weighted by molar-refractivity contribution is 7.12. The predicted molar refractivity (Wildman–Crippen MR) is 130 cm³/mol. The third kappa shape index (κ3) is 3.86. The van der Waals surface area contributed by atoms with Crippen molar-refractivity contribution in [3.63, 3.8) is 0 Å². The third-order valence-electron chi connectivity index (χ3n) is 6.91. The molecule has 0 aromatic carbocycles. The van der Waals surface area contributed by atoms with E-state index in [0.29, 0.717) is 6.04 Å². The van der Waals surface area contributed by atoms with Crippen molar-refractivity contribution >= 4 is 28.3 Å². The molecule has 3 aromatic heterocycles. The number of thiophene rings is 1. The first-order valence-corrected chi connectivity index (χ1v) is 12.7. The first-order valence-electron chi connectivity index (χ1n) is 11.9. The van der Waals surface area contributed by atoms with E-state index in [-0.39, 0.29) is 11.9 Å². The Bertz CT molecular complexity index is 1140. The van der Waals surface area contributed by atoms with E-state index < -0.39 is 0 Å². The first kappa shape index (κ1) is 21.6. The number of nitrogens with zero attached hydrogens (tertiary/aromatic N) is 5. The lowest BCUT2D eigenvalue weighted by atomic mass is 10.1. The molecule has 3 aromatic rings. The number of likely N-dealkylation sites (tertiary alicyclic amines) is 2. The lowest BCUT2D eigenvalue weighted by Crippen LogP contribution is -2.42. The van der Waals surface area contributed by atoms with Gasteiger partial charge in [-0.2, -0.15) is 5.10 Å². The Kier molecular flexibility index (Phi) is 5.80. The largest absolute Gasteiger partial charge is 0.334 e. The lowest BCUT2D eigenvalue weighted by molar-refractivity contribution is 0.0710. The maximum absolute atomic E-state index is 13.9. The fourth-order valence-corrected chi connectivity index (χ4v) is 6.24. The molecule has 7 heteroatoms. The summed E-state index contributed by atoms with van der Waals surface area (Å²) in [5.41, 5.74) is 3.54. The highest BCUT2D eigenvalue weighted by Gasteiger charge is 2.33. The van der Waals surface area contributed by atoms with Crippen molar-refractivity contribution in [1.29, 1.82) is 0 Å². The monoisotopic (exact) mass is 451 g/mol. The molecule has 0 N–H and O–H groups in total. The standard InChI is InChI=1S/C25H33N5OS/c1-16(2)30-24-22(14-26-30)21(13-23(27-24)20-12-17(3)32-18(20)4)25(31)29-11-7-8-19(29)15-28-9-5-6-10-28/h12-14,16,19H,5-11,15H2,1-4H3. The highest BCUT2D eigenvalue weighted by Crippen LogP contribution is 2.34. The number of aromatic nitrogens is 3. The normalized spacial score (nSPS) is 19.7. The van der Waals surface area contributed by atoms with E-state index in [1.54, 1.807) is 11.3 Å². The van der Waals surface area contributed by atoms with Crippen LogP contribution in [0.4, 0.5) is 0 Å². The summed E-state index contributed by atoms with van der Waals surface area (Å²) in [5.74, 6) is 0.133. The molecule has 0 saturated carbocycles. The number of hydrogen-bond acceptors (Lipinski definition) is 5. The molecule has 1 unspecified atom stereocenters. The average molecular weight is 452 g/mol. The van der Waals surface area contributed by atoms with Crippen LogP contribution >= 0.6 is 11.3 Å². The van der Waals surface area contributed by atoms with E-state index in [2.05, 4.69) is 48.7 Å². The van der Waals surface area contributed by atoms with Crippen LogP contribution in [-0.2, 0) is 0 Å². The predicted octanol–water partition coefficient (Wildman–Crippen LogP) is 5.06. The Balaban J connectivity index is 1.57. The summed E-state index contributed by atoms with van der Waals surface area (Å²) >= 11 is 1.78. The number of amides is 1. The summed E-state index contributed by atoms with van der Waals surface area (Å²) in [4.78, 5) is 26.1. The average Bonchev–Trinajstić information content (AvgIpc) is 3.54. The van der Waals surface area contributed by atoms with Gasteiger partial charge in [0.25, 0.3) is 5.91 Å². The molecule has 0 spiro atoms. The van der Waals surface area contributed by atoms with Gasteiger partial charge < -0.3 is 9.80 Å². The zero-order chi connectivity index (χ0) is 22.4. The topological polar surface area (TPSA) is 54.3 Å². The molecular formula is C25H33N5OS. The molecule has 5 heterocycles. The molecule has 1 amide bonds. The summed E-state index contributed by atoms with van der Waals surface area (Å²) in [6, 6.07) is 4.68. The second-order valence-corrected chi connectivity index (χ2v) is 11.1. The van der Waals surface area contributed by atoms with Crippen molar-refractivity contribution in [3.05, 3.63) is 33.6 Å². The van der Waals surface area contributed by atoms with E-state index in [1.807, 2.05) is 16.9 Å². The molecule has 6 nitrogen and oxygen atoms in total. The van der Waals surface area contributed by atoms with Gasteiger partial charge in [-0.1, -0.05) is 0 Å². The number of rotatable bonds is 5. The molecule has 170 valence electrons. The van der Waals surface area contributed by atoms with Crippen molar-refractivity contribution in [1.82, 2.24) is 24.6 Å². The lowest BCUT2D eigenvalue weighted by Gasteiger charge is -2.29. The van der Waals surface area contributed by atoms with Crippen LogP contribution in [0.2, 0.25) is 0 Å². The van der Waals surface area contributed by atoms with Gasteiger partial charge in [0, 0.05) is 40.5 Å². The highest BCUT2D eigenvalue weighted by atomic mass is 32.1. The van der Waals surface area contributed by atoms with Gasteiger partial charge in [-0.3, -0.25) is 4.79 Å². The van der Waals surface area contributed by atoms with E-state index in [9.17, 15) is 4.79 Å². The van der Waals surface area contributed by atoms with E-state index in [1.165, 1.54) is 35.7 Å². The Labute approximate surface area is 194 Å². The Hall–Kier alpha value is -2.25. The van der Waals surface area contributed by atoms with Crippen LogP contribution in [0.15, 0.2) is 18.3 Å². The number of fused-ring (bicyclic) bond motifs is 1. The molecule has 2 aliphatic rings. The van der Waals surface area contributed by atoms with Crippen LogP contribution in [0.5, 0.6) is 0 Å². The minimum atomic E-state index is 0.133. The van der Waals surface area contributed by atoms with Crippen LogP contribution in [0, 0.1) is 13.8 Å². The second kappa shape index (κ2) is 8.60. The molecule has 2 aliphatic heterocycles. The minimum Gasteiger partial charge on any atom is -0.334 e. The van der Waals surface area contributed by atoms with Crippen LogP contribution < -0.4 is 0 Å². The van der Waals surface area contributed by atoms with Crippen molar-refractivity contribution in [2.75, 3.05) is 26.2 Å². The Morgan fingerprint density at radius 2 is 1.94 bits per heavy atom. The number of pyridine rings is 1. The quantitative estimate of drug-likeness (QED) is 0.544. The van der Waals surface area contributed by atoms with Gasteiger partial charge in [-0.25, -0.2) is 9.67 Å². The van der Waals surface area contributed by atoms with Crippen molar-refractivity contribution in [3.8, 4) is 11.3 Å². The number of aryl methyl sites for hydroxylation is 2. The molecule has 2 saturated heterocycles. The van der Waals surface area contributed by atoms with Crippen molar-refractivity contribution < 1.29 is 4.79 Å². The smallest absolute Gasteiger partial charge is 0.255 e. The van der Waals surface area contributed by atoms with Crippen molar-refractivity contribution in [2.24, 2.45) is 0 Å². The second-order valence-electron chi connectivity index (χ2n) is 9.60. The number of carbonyl (C=O) groups excluding carboxylic acids is 1. The third-order valence-corrected chi connectivity index (χ3v) is 7.87. The molecule has 2 fully saturated rings. The van der Waals surface area contributed by atoms with Crippen molar-refractivity contribution in [2.45, 2.75) is 65.5 Å². The maximum atomic E-state index is 13.9. The molecule has 32 heavy (non-hydrogen) atoms. The zero-order valence-electron chi connectivity index (χ0n) is 19.6. The fourth-order valence-electron chi connectivity index (χ4n) is 5.31. The van der Waals surface area contributed by atoms with Crippen LogP contribution in [0.3, 0.4) is 0 Å². The van der Waals surface area contributed by atoms with Crippen LogP contribution in [0.1, 0.15) is 65.7 Å². The number of carbonyl (C=O) groups is 1. The summed E-state index contributed by atoms with van der Waals surface area (Å²) < 4.78 is 1.94. The zero-order valence-corrected chi connectivity index (χ0v) is 20.4. The van der Waals surface area contributed by atoms with Gasteiger partial charge in [0.1, 0.15) is 0 Å². The van der Waals surface area contributed by atoms with Gasteiger partial charge in [-0.15, -0.1) is 11.3 Å². The SMILES string of the molecule is Cc1cc(-c2cc(C(=O)N3CCCC3CN3CCCC3)c3cnn(C(C)C)c3n2)c(C)s1. The number of hydrogen-bond donors (Lipinski definition) is 0. The first-order chi connectivity index (χ1) is 15.4. The van der Waals surface area contributed by atoms with Gasteiger partial charge in [0.15, 0.2) is 5.65 Å². The Morgan fingerprint density at radius 1 is 1.16 bits per heavy atom. The molecule has 5 rings (SSSR count). The summed E-state index contributed by atoms with van der Waals surface area (Å²) in [6.07, 6.45) is 6.57. The molecule has 1 atom stereocenters. The summed E-state index contributed by atoms with van der Waals surface area (Å²) in [6.45, 7) is 12.6. The van der Waals surface area contributed by atoms with Gasteiger partial charge in [0.2, 0.25) is 0 Å². The van der Waals surface area contributed by atoms with E-state index in [0.717, 1.165) is 53.8 Å². The molecule has 0 aliphatic carbocycles. The maximum Gasteiger partial charge on any atom is 0.255 e. The summed E-state index contributed by atoms with van der Waals surface area (Å²) in [7, 11) is 0. The molecule has 0 bridgehead atoms. The molecule has 0 radical (unpaired) electrons. The van der Waals surface area contributed by atoms with E-state index in [4.69, 9.17) is 4.98 Å². The van der Waals surface area contributed by atoms with Crippen LogP contribution in [0.25, 0.3) is 22.3 Å². The van der Waals surface area contributed by atoms with Gasteiger partial charge in [-0.05, 0) is 78.6 Å². The Morgan fingerprint density at radius 3 is 2.62 bits per heavy atom.